The van der Waals surface area contributed by atoms with Crippen molar-refractivity contribution in [1.29, 1.82) is 0 Å². The first-order valence-electron chi connectivity index (χ1n) is 12.3. The van der Waals surface area contributed by atoms with Crippen molar-refractivity contribution in [2.75, 3.05) is 51.7 Å². The number of piperazine rings is 1. The lowest BCUT2D eigenvalue weighted by molar-refractivity contribution is 0.100. The molecule has 4 rings (SSSR count). The summed E-state index contributed by atoms with van der Waals surface area (Å²) in [7, 11) is 2.12. The molecule has 0 unspecified atom stereocenters. The van der Waals surface area contributed by atoms with E-state index in [-0.39, 0.29) is 28.8 Å². The van der Waals surface area contributed by atoms with E-state index in [1.165, 1.54) is 24.4 Å². The molecule has 1 aliphatic rings. The average molecular weight is 511 g/mol. The fourth-order valence-electron chi connectivity index (χ4n) is 4.46. The van der Waals surface area contributed by atoms with Crippen LogP contribution in [0.4, 0.5) is 20.4 Å². The number of anilines is 2. The zero-order valence-corrected chi connectivity index (χ0v) is 21.4. The molecule has 0 aliphatic carbocycles. The summed E-state index contributed by atoms with van der Waals surface area (Å²) in [4.78, 5) is 25.3. The zero-order chi connectivity index (χ0) is 26.5. The number of ether oxygens (including phenoxy) is 1. The van der Waals surface area contributed by atoms with Gasteiger partial charge in [-0.25, -0.2) is 18.7 Å². The zero-order valence-electron chi connectivity index (χ0n) is 21.4. The van der Waals surface area contributed by atoms with Gasteiger partial charge in [-0.05, 0) is 62.7 Å². The quantitative estimate of drug-likeness (QED) is 0.422. The van der Waals surface area contributed by atoms with Gasteiger partial charge in [0.1, 0.15) is 5.82 Å². The molecule has 1 aromatic heterocycles. The molecule has 2 aromatic carbocycles. The van der Waals surface area contributed by atoms with Crippen LogP contribution in [-0.2, 0) is 0 Å². The normalized spacial score (nSPS) is 14.5. The van der Waals surface area contributed by atoms with Gasteiger partial charge in [0.05, 0.1) is 17.9 Å². The van der Waals surface area contributed by atoms with Crippen LogP contribution in [0.5, 0.6) is 5.75 Å². The number of primary amides is 1. The van der Waals surface area contributed by atoms with Crippen molar-refractivity contribution in [2.24, 2.45) is 5.73 Å². The van der Waals surface area contributed by atoms with Crippen LogP contribution in [0, 0.1) is 25.5 Å². The number of likely N-dealkylation sites (N-methyl/N-ethyl adjacent to an activating group) is 1. The standard InChI is InChI=1S/C27H32F2N6O2/c1-17-13-19(28)14-18(2)24(17)25-21(26(30)36)16-31-27(33-25)32-20-5-6-23(22(29)15-20)37-12-4-7-35-10-8-34(3)9-11-35/h5-6,13-16H,4,7-12H2,1-3H3,(H2,30,36)(H,31,32,33). The molecule has 0 saturated carbocycles. The second kappa shape index (κ2) is 11.6. The van der Waals surface area contributed by atoms with Crippen LogP contribution in [0.2, 0.25) is 0 Å². The molecule has 196 valence electrons. The Morgan fingerprint density at radius 3 is 2.46 bits per heavy atom. The Bertz CT molecular complexity index is 1250. The highest BCUT2D eigenvalue weighted by atomic mass is 19.1. The number of hydrogen-bond acceptors (Lipinski definition) is 7. The summed E-state index contributed by atoms with van der Waals surface area (Å²) in [6.45, 7) is 8.99. The number of halogens is 2. The monoisotopic (exact) mass is 510 g/mol. The first kappa shape index (κ1) is 26.4. The van der Waals surface area contributed by atoms with Crippen molar-refractivity contribution < 1.29 is 18.3 Å². The van der Waals surface area contributed by atoms with Gasteiger partial charge in [0.25, 0.3) is 5.91 Å². The van der Waals surface area contributed by atoms with Crippen LogP contribution >= 0.6 is 0 Å². The predicted octanol–water partition coefficient (Wildman–Crippen LogP) is 3.90. The predicted molar refractivity (Wildman–Crippen MR) is 139 cm³/mol. The van der Waals surface area contributed by atoms with Gasteiger partial charge in [-0.1, -0.05) is 0 Å². The van der Waals surface area contributed by atoms with Crippen molar-refractivity contribution in [3.63, 3.8) is 0 Å². The van der Waals surface area contributed by atoms with Gasteiger partial charge in [0.15, 0.2) is 11.6 Å². The lowest BCUT2D eigenvalue weighted by Gasteiger charge is -2.32. The molecule has 1 aliphatic heterocycles. The third-order valence-corrected chi connectivity index (χ3v) is 6.45. The minimum absolute atomic E-state index is 0.106. The Hall–Kier alpha value is -3.63. The van der Waals surface area contributed by atoms with Crippen LogP contribution < -0.4 is 15.8 Å². The highest BCUT2D eigenvalue weighted by molar-refractivity contribution is 5.99. The lowest BCUT2D eigenvalue weighted by atomic mass is 9.96. The molecular formula is C27H32F2N6O2. The van der Waals surface area contributed by atoms with Crippen molar-refractivity contribution in [1.82, 2.24) is 19.8 Å². The maximum atomic E-state index is 14.7. The molecular weight excluding hydrogens is 478 g/mol. The topological polar surface area (TPSA) is 96.6 Å². The highest BCUT2D eigenvalue weighted by Gasteiger charge is 2.19. The summed E-state index contributed by atoms with van der Waals surface area (Å²) >= 11 is 0. The van der Waals surface area contributed by atoms with Crippen LogP contribution in [-0.4, -0.2) is 72.1 Å². The first-order chi connectivity index (χ1) is 17.7. The number of aryl methyl sites for hydroxylation is 2. The largest absolute Gasteiger partial charge is 0.490 e. The minimum atomic E-state index is -0.704. The van der Waals surface area contributed by atoms with Crippen LogP contribution in [0.15, 0.2) is 36.5 Å². The van der Waals surface area contributed by atoms with E-state index in [4.69, 9.17) is 10.5 Å². The molecule has 0 spiro atoms. The van der Waals surface area contributed by atoms with Crippen LogP contribution in [0.1, 0.15) is 27.9 Å². The number of hydrogen-bond donors (Lipinski definition) is 2. The molecule has 1 fully saturated rings. The van der Waals surface area contributed by atoms with Crippen molar-refractivity contribution in [2.45, 2.75) is 20.3 Å². The minimum Gasteiger partial charge on any atom is -0.490 e. The molecule has 0 atom stereocenters. The summed E-state index contributed by atoms with van der Waals surface area (Å²) < 4.78 is 34.2. The number of amides is 1. The number of nitrogens with zero attached hydrogens (tertiary/aromatic N) is 4. The Kier molecular flexibility index (Phi) is 8.30. The summed E-state index contributed by atoms with van der Waals surface area (Å²) in [6, 6.07) is 7.25. The van der Waals surface area contributed by atoms with E-state index < -0.39 is 11.7 Å². The number of carbonyl (C=O) groups is 1. The smallest absolute Gasteiger partial charge is 0.252 e. The van der Waals surface area contributed by atoms with Gasteiger partial charge >= 0.3 is 0 Å². The van der Waals surface area contributed by atoms with E-state index >= 15 is 0 Å². The number of benzene rings is 2. The van der Waals surface area contributed by atoms with E-state index in [1.807, 2.05) is 0 Å². The molecule has 37 heavy (non-hydrogen) atoms. The molecule has 3 aromatic rings. The van der Waals surface area contributed by atoms with Gasteiger partial charge in [-0.3, -0.25) is 4.79 Å². The molecule has 3 N–H and O–H groups in total. The van der Waals surface area contributed by atoms with Gasteiger partial charge in [-0.2, -0.15) is 0 Å². The Morgan fingerprint density at radius 1 is 1.11 bits per heavy atom. The fraction of sp³-hybridized carbons (Fsp3) is 0.370. The van der Waals surface area contributed by atoms with E-state index in [2.05, 4.69) is 32.1 Å². The average Bonchev–Trinajstić information content (AvgIpc) is 2.83. The van der Waals surface area contributed by atoms with E-state index in [0.717, 1.165) is 39.1 Å². The molecule has 1 amide bonds. The number of nitrogens with two attached hydrogens (primary N) is 1. The maximum Gasteiger partial charge on any atom is 0.252 e. The number of carbonyl (C=O) groups excluding carboxylic acids is 1. The second-order valence-corrected chi connectivity index (χ2v) is 9.35. The van der Waals surface area contributed by atoms with Gasteiger partial charge in [-0.15, -0.1) is 0 Å². The van der Waals surface area contributed by atoms with Gasteiger partial charge < -0.3 is 25.6 Å². The Balaban J connectivity index is 1.44. The van der Waals surface area contributed by atoms with Gasteiger partial charge in [0, 0.05) is 56.2 Å². The SMILES string of the molecule is Cc1cc(F)cc(C)c1-c1nc(Nc2ccc(OCCCN3CCN(C)CC3)c(F)c2)ncc1C(N)=O. The molecule has 1 saturated heterocycles. The van der Waals surface area contributed by atoms with Crippen LogP contribution in [0.25, 0.3) is 11.3 Å². The third-order valence-electron chi connectivity index (χ3n) is 6.45. The van der Waals surface area contributed by atoms with E-state index in [0.29, 0.717) is 29.0 Å². The summed E-state index contributed by atoms with van der Waals surface area (Å²) in [5, 5.41) is 2.96. The molecule has 2 heterocycles. The highest BCUT2D eigenvalue weighted by Crippen LogP contribution is 2.31. The third kappa shape index (κ3) is 6.58. The molecule has 0 bridgehead atoms. The Labute approximate surface area is 215 Å². The molecule has 8 nitrogen and oxygen atoms in total. The summed E-state index contributed by atoms with van der Waals surface area (Å²) in [5.74, 6) is -1.28. The number of aromatic nitrogens is 2. The second-order valence-electron chi connectivity index (χ2n) is 9.35. The van der Waals surface area contributed by atoms with Crippen LogP contribution in [0.3, 0.4) is 0 Å². The van der Waals surface area contributed by atoms with E-state index in [9.17, 15) is 13.6 Å². The maximum absolute atomic E-state index is 14.7. The summed E-state index contributed by atoms with van der Waals surface area (Å²) in [6.07, 6.45) is 2.12. The van der Waals surface area contributed by atoms with Gasteiger partial charge in [0.2, 0.25) is 5.95 Å². The molecule has 0 radical (unpaired) electrons. The number of nitrogens with one attached hydrogen (secondary N) is 1. The molecule has 10 heteroatoms. The van der Waals surface area contributed by atoms with E-state index in [1.54, 1.807) is 26.0 Å². The first-order valence-corrected chi connectivity index (χ1v) is 12.3. The van der Waals surface area contributed by atoms with Crippen molar-refractivity contribution >= 4 is 17.5 Å². The lowest BCUT2D eigenvalue weighted by Crippen LogP contribution is -2.44. The van der Waals surface area contributed by atoms with Crippen molar-refractivity contribution in [3.8, 4) is 17.0 Å². The summed E-state index contributed by atoms with van der Waals surface area (Å²) in [5.41, 5.74) is 8.13. The fourth-order valence-corrected chi connectivity index (χ4v) is 4.46. The van der Waals surface area contributed by atoms with Crippen molar-refractivity contribution in [3.05, 3.63) is 64.9 Å². The number of rotatable bonds is 9. The Morgan fingerprint density at radius 2 is 1.81 bits per heavy atom.